The predicted octanol–water partition coefficient (Wildman–Crippen LogP) is 5.61. The van der Waals surface area contributed by atoms with Crippen LogP contribution in [0.5, 0.6) is 0 Å². The van der Waals surface area contributed by atoms with Gasteiger partial charge in [0, 0.05) is 15.9 Å². The summed E-state index contributed by atoms with van der Waals surface area (Å²) in [5.74, 6) is 0. The van der Waals surface area contributed by atoms with Crippen LogP contribution in [-0.4, -0.2) is 10.8 Å². The van der Waals surface area contributed by atoms with Crippen molar-refractivity contribution in [2.45, 2.75) is 13.8 Å². The molecule has 0 saturated heterocycles. The number of nitrogens with zero attached hydrogens (tertiary/aromatic N) is 2. The van der Waals surface area contributed by atoms with Crippen LogP contribution in [0.25, 0.3) is 5.69 Å². The van der Waals surface area contributed by atoms with Gasteiger partial charge in [0.05, 0.1) is 17.6 Å². The number of aliphatic imine (C=N–C) groups is 1. The average Bonchev–Trinajstić information content (AvgIpc) is 2.88. The van der Waals surface area contributed by atoms with Gasteiger partial charge in [0.25, 0.3) is 0 Å². The molecule has 110 valence electrons. The topological polar surface area (TPSA) is 17.3 Å². The number of hydrogen-bond donors (Lipinski definition) is 0. The van der Waals surface area contributed by atoms with Crippen LogP contribution < -0.4 is 0 Å². The Morgan fingerprint density at radius 2 is 1.73 bits per heavy atom. The maximum atomic E-state index is 4.65. The summed E-state index contributed by atoms with van der Waals surface area (Å²) in [5.41, 5.74) is 5.56. The molecule has 22 heavy (non-hydrogen) atoms. The minimum absolute atomic E-state index is 0.988. The van der Waals surface area contributed by atoms with E-state index in [-0.39, 0.29) is 0 Å². The number of aryl methyl sites for hydroxylation is 2. The largest absolute Gasteiger partial charge is 0.313 e. The summed E-state index contributed by atoms with van der Waals surface area (Å²) in [4.78, 5) is 4.65. The summed E-state index contributed by atoms with van der Waals surface area (Å²) < 4.78 is 3.28. The quantitative estimate of drug-likeness (QED) is 0.545. The zero-order valence-electron chi connectivity index (χ0n) is 12.6. The van der Waals surface area contributed by atoms with Gasteiger partial charge in [0.1, 0.15) is 0 Å². The molecule has 3 aromatic rings. The molecule has 1 heterocycles. The standard InChI is InChI=1S/C19H17BrN2/c1-14-12-16(20)9-11-19(14)21-13-18-10-8-15(2)22(18)17-6-4-3-5-7-17/h3-13H,1-2H3. The molecule has 0 unspecified atom stereocenters. The van der Waals surface area contributed by atoms with E-state index in [1.165, 1.54) is 5.69 Å². The normalized spacial score (nSPS) is 11.2. The van der Waals surface area contributed by atoms with E-state index in [9.17, 15) is 0 Å². The first kappa shape index (κ1) is 14.8. The van der Waals surface area contributed by atoms with Gasteiger partial charge in [0.15, 0.2) is 0 Å². The van der Waals surface area contributed by atoms with Crippen LogP contribution in [0, 0.1) is 13.8 Å². The molecule has 3 rings (SSSR count). The van der Waals surface area contributed by atoms with E-state index < -0.39 is 0 Å². The molecular formula is C19H17BrN2. The van der Waals surface area contributed by atoms with Gasteiger partial charge in [-0.3, -0.25) is 4.99 Å². The third-order valence-electron chi connectivity index (χ3n) is 3.62. The Bertz CT molecular complexity index is 817. The van der Waals surface area contributed by atoms with Crippen molar-refractivity contribution in [3.63, 3.8) is 0 Å². The number of para-hydroxylation sites is 1. The fraction of sp³-hybridized carbons (Fsp3) is 0.105. The molecule has 0 aliphatic rings. The molecule has 0 atom stereocenters. The lowest BCUT2D eigenvalue weighted by Gasteiger charge is -2.09. The monoisotopic (exact) mass is 352 g/mol. The van der Waals surface area contributed by atoms with Crippen LogP contribution >= 0.6 is 15.9 Å². The van der Waals surface area contributed by atoms with E-state index >= 15 is 0 Å². The minimum atomic E-state index is 0.988. The molecule has 0 radical (unpaired) electrons. The van der Waals surface area contributed by atoms with Gasteiger partial charge in [-0.25, -0.2) is 0 Å². The molecule has 0 bridgehead atoms. The van der Waals surface area contributed by atoms with Gasteiger partial charge in [-0.2, -0.15) is 0 Å². The molecule has 0 amide bonds. The summed E-state index contributed by atoms with van der Waals surface area (Å²) in [6, 6.07) is 20.7. The van der Waals surface area contributed by atoms with E-state index in [4.69, 9.17) is 0 Å². The van der Waals surface area contributed by atoms with Crippen LogP contribution in [0.15, 0.2) is 70.1 Å². The first-order chi connectivity index (χ1) is 10.6. The highest BCUT2D eigenvalue weighted by molar-refractivity contribution is 9.10. The summed E-state index contributed by atoms with van der Waals surface area (Å²) in [5, 5.41) is 0. The maximum absolute atomic E-state index is 4.65. The summed E-state index contributed by atoms with van der Waals surface area (Å²) in [6.45, 7) is 4.17. The molecule has 2 nitrogen and oxygen atoms in total. The van der Waals surface area contributed by atoms with Crippen molar-refractivity contribution in [2.24, 2.45) is 4.99 Å². The Hall–Kier alpha value is -2.13. The molecular weight excluding hydrogens is 336 g/mol. The molecule has 0 spiro atoms. The summed E-state index contributed by atoms with van der Waals surface area (Å²) >= 11 is 3.48. The fourth-order valence-electron chi connectivity index (χ4n) is 2.49. The van der Waals surface area contributed by atoms with Gasteiger partial charge in [0.2, 0.25) is 0 Å². The Morgan fingerprint density at radius 3 is 2.45 bits per heavy atom. The zero-order valence-corrected chi connectivity index (χ0v) is 14.2. The molecule has 1 aromatic heterocycles. The van der Waals surface area contributed by atoms with Gasteiger partial charge >= 0.3 is 0 Å². The SMILES string of the molecule is Cc1cc(Br)ccc1N=Cc1ccc(C)n1-c1ccccc1. The molecule has 0 saturated carbocycles. The molecule has 3 heteroatoms. The summed E-state index contributed by atoms with van der Waals surface area (Å²) in [6.07, 6.45) is 1.93. The highest BCUT2D eigenvalue weighted by atomic mass is 79.9. The second-order valence-electron chi connectivity index (χ2n) is 5.26. The molecule has 0 aliphatic carbocycles. The lowest BCUT2D eigenvalue weighted by atomic mass is 10.2. The van der Waals surface area contributed by atoms with Crippen molar-refractivity contribution in [2.75, 3.05) is 0 Å². The third-order valence-corrected chi connectivity index (χ3v) is 4.11. The number of hydrogen-bond acceptors (Lipinski definition) is 1. The number of aromatic nitrogens is 1. The van der Waals surface area contributed by atoms with Gasteiger partial charge in [-0.15, -0.1) is 0 Å². The van der Waals surface area contributed by atoms with E-state index in [2.05, 4.69) is 81.8 Å². The first-order valence-electron chi connectivity index (χ1n) is 7.19. The van der Waals surface area contributed by atoms with Crippen LogP contribution in [0.4, 0.5) is 5.69 Å². The number of benzene rings is 2. The smallest absolute Gasteiger partial charge is 0.0660 e. The van der Waals surface area contributed by atoms with Crippen LogP contribution in [0.3, 0.4) is 0 Å². The van der Waals surface area contributed by atoms with Crippen molar-refractivity contribution < 1.29 is 0 Å². The van der Waals surface area contributed by atoms with Gasteiger partial charge in [-0.1, -0.05) is 34.1 Å². The van der Waals surface area contributed by atoms with E-state index in [1.54, 1.807) is 0 Å². The van der Waals surface area contributed by atoms with Crippen molar-refractivity contribution in [1.29, 1.82) is 0 Å². The Morgan fingerprint density at radius 1 is 0.955 bits per heavy atom. The summed E-state index contributed by atoms with van der Waals surface area (Å²) in [7, 11) is 0. The molecule has 2 aromatic carbocycles. The lowest BCUT2D eigenvalue weighted by Crippen LogP contribution is -2.00. The lowest BCUT2D eigenvalue weighted by molar-refractivity contribution is 1.01. The van der Waals surface area contributed by atoms with Crippen molar-refractivity contribution >= 4 is 27.8 Å². The zero-order chi connectivity index (χ0) is 15.5. The highest BCUT2D eigenvalue weighted by Crippen LogP contribution is 2.23. The minimum Gasteiger partial charge on any atom is -0.313 e. The Balaban J connectivity index is 1.98. The maximum Gasteiger partial charge on any atom is 0.0660 e. The second-order valence-corrected chi connectivity index (χ2v) is 6.18. The second kappa shape index (κ2) is 6.32. The molecule has 0 aliphatic heterocycles. The third kappa shape index (κ3) is 3.04. The van der Waals surface area contributed by atoms with Crippen molar-refractivity contribution in [1.82, 2.24) is 4.57 Å². The Kier molecular flexibility index (Phi) is 4.25. The van der Waals surface area contributed by atoms with Crippen molar-refractivity contribution in [3.8, 4) is 5.69 Å². The number of halogens is 1. The predicted molar refractivity (Wildman–Crippen MR) is 96.6 cm³/mol. The fourth-order valence-corrected chi connectivity index (χ4v) is 2.96. The van der Waals surface area contributed by atoms with Crippen molar-refractivity contribution in [3.05, 3.63) is 82.1 Å². The Labute approximate surface area is 139 Å². The highest BCUT2D eigenvalue weighted by Gasteiger charge is 2.05. The average molecular weight is 353 g/mol. The molecule has 0 N–H and O–H groups in total. The van der Waals surface area contributed by atoms with E-state index in [1.807, 2.05) is 24.4 Å². The van der Waals surface area contributed by atoms with Crippen LogP contribution in [-0.2, 0) is 0 Å². The van der Waals surface area contributed by atoms with Crippen LogP contribution in [0.2, 0.25) is 0 Å². The van der Waals surface area contributed by atoms with E-state index in [0.29, 0.717) is 0 Å². The van der Waals surface area contributed by atoms with Gasteiger partial charge < -0.3 is 4.57 Å². The van der Waals surface area contributed by atoms with E-state index in [0.717, 1.165) is 27.1 Å². The van der Waals surface area contributed by atoms with Gasteiger partial charge in [-0.05, 0) is 61.9 Å². The van der Waals surface area contributed by atoms with Crippen LogP contribution in [0.1, 0.15) is 17.0 Å². The molecule has 0 fully saturated rings. The first-order valence-corrected chi connectivity index (χ1v) is 7.98. The number of rotatable bonds is 3.